The molecule has 0 unspecified atom stereocenters. The fraction of sp³-hybridized carbons (Fsp3) is 0.0769. The Balaban J connectivity index is 1.92. The van der Waals surface area contributed by atoms with E-state index < -0.39 is 10.0 Å². The summed E-state index contributed by atoms with van der Waals surface area (Å²) in [6, 6.07) is 6.45. The lowest BCUT2D eigenvalue weighted by molar-refractivity contribution is 0.600. The van der Waals surface area contributed by atoms with Crippen LogP contribution in [0.1, 0.15) is 5.56 Å². The first-order valence-corrected chi connectivity index (χ1v) is 10.6. The van der Waals surface area contributed by atoms with E-state index in [0.29, 0.717) is 19.9 Å². The third kappa shape index (κ3) is 3.68. The molecule has 0 spiro atoms. The van der Waals surface area contributed by atoms with Gasteiger partial charge in [-0.3, -0.25) is 4.72 Å². The summed E-state index contributed by atoms with van der Waals surface area (Å²) in [6.07, 6.45) is 0. The van der Waals surface area contributed by atoms with Crippen molar-refractivity contribution < 1.29 is 8.42 Å². The van der Waals surface area contributed by atoms with Gasteiger partial charge in [0.05, 0.1) is 14.2 Å². The fourth-order valence-electron chi connectivity index (χ4n) is 1.99. The van der Waals surface area contributed by atoms with Gasteiger partial charge in [-0.25, -0.2) is 8.42 Å². The maximum atomic E-state index is 12.6. The lowest BCUT2D eigenvalue weighted by atomic mass is 10.2. The molecule has 2 aromatic heterocycles. The summed E-state index contributed by atoms with van der Waals surface area (Å²) in [6.45, 7) is 1.62. The van der Waals surface area contributed by atoms with E-state index in [1.807, 2.05) is 0 Å². The number of hydrogen-bond donors (Lipinski definition) is 1. The molecule has 11 heteroatoms. The van der Waals surface area contributed by atoms with Crippen LogP contribution in [0, 0.1) is 6.92 Å². The number of aromatic nitrogens is 2. The SMILES string of the molecule is Cc1cc(Cl)cc(Cl)c1S(=O)(=O)Nc1nnc(-c2ccc(Cl)s2)s1. The molecular weight excluding hydrogens is 433 g/mol. The summed E-state index contributed by atoms with van der Waals surface area (Å²) in [5.74, 6) is 0. The standard InChI is InChI=1S/C13H8Cl3N3O2S3/c1-6-4-7(14)5-8(15)11(6)24(20,21)19-13-18-17-12(23-13)9-2-3-10(16)22-9/h2-5H,1H3,(H,18,19). The zero-order chi connectivity index (χ0) is 17.5. The third-order valence-electron chi connectivity index (χ3n) is 2.89. The molecule has 0 amide bonds. The van der Waals surface area contributed by atoms with Gasteiger partial charge in [-0.05, 0) is 36.8 Å². The van der Waals surface area contributed by atoms with Gasteiger partial charge in [0.1, 0.15) is 4.90 Å². The predicted octanol–water partition coefficient (Wildman–Crippen LogP) is 5.34. The Labute approximate surface area is 161 Å². The average Bonchev–Trinajstić information content (AvgIpc) is 3.05. The first kappa shape index (κ1) is 17.9. The highest BCUT2D eigenvalue weighted by Crippen LogP contribution is 2.35. The Hall–Kier alpha value is -0.900. The summed E-state index contributed by atoms with van der Waals surface area (Å²) in [5, 5.41) is 8.96. The molecule has 126 valence electrons. The van der Waals surface area contributed by atoms with E-state index in [0.717, 1.165) is 16.2 Å². The normalized spacial score (nSPS) is 11.7. The molecule has 0 aliphatic heterocycles. The topological polar surface area (TPSA) is 72.0 Å². The summed E-state index contributed by atoms with van der Waals surface area (Å²) in [4.78, 5) is 0.771. The van der Waals surface area contributed by atoms with E-state index in [1.54, 1.807) is 19.1 Å². The zero-order valence-corrected chi connectivity index (χ0v) is 16.6. The van der Waals surface area contributed by atoms with Gasteiger partial charge in [0.15, 0.2) is 5.01 Å². The molecule has 24 heavy (non-hydrogen) atoms. The molecule has 5 nitrogen and oxygen atoms in total. The number of hydrogen-bond acceptors (Lipinski definition) is 6. The number of anilines is 1. The van der Waals surface area contributed by atoms with Crippen LogP contribution < -0.4 is 4.72 Å². The van der Waals surface area contributed by atoms with Crippen molar-refractivity contribution in [2.45, 2.75) is 11.8 Å². The van der Waals surface area contributed by atoms with Gasteiger partial charge in [0.2, 0.25) is 5.13 Å². The molecule has 0 atom stereocenters. The van der Waals surface area contributed by atoms with Gasteiger partial charge in [0.25, 0.3) is 10.0 Å². The number of benzene rings is 1. The smallest absolute Gasteiger partial charge is 0.253 e. The first-order valence-electron chi connectivity index (χ1n) is 6.34. The maximum Gasteiger partial charge on any atom is 0.265 e. The van der Waals surface area contributed by atoms with Crippen molar-refractivity contribution in [3.8, 4) is 9.88 Å². The van der Waals surface area contributed by atoms with Crippen LogP contribution in [-0.4, -0.2) is 18.6 Å². The van der Waals surface area contributed by atoms with Crippen LogP contribution in [-0.2, 0) is 10.0 Å². The predicted molar refractivity (Wildman–Crippen MR) is 100 cm³/mol. The van der Waals surface area contributed by atoms with Gasteiger partial charge in [-0.2, -0.15) is 0 Å². The zero-order valence-electron chi connectivity index (χ0n) is 11.9. The lowest BCUT2D eigenvalue weighted by Gasteiger charge is -2.10. The van der Waals surface area contributed by atoms with E-state index in [4.69, 9.17) is 34.8 Å². The van der Waals surface area contributed by atoms with Crippen LogP contribution >= 0.6 is 57.5 Å². The van der Waals surface area contributed by atoms with Crippen molar-refractivity contribution in [1.82, 2.24) is 10.2 Å². The average molecular weight is 441 g/mol. The number of halogens is 3. The number of thiophene rings is 1. The third-order valence-corrected chi connectivity index (χ3v) is 7.43. The highest BCUT2D eigenvalue weighted by atomic mass is 35.5. The lowest BCUT2D eigenvalue weighted by Crippen LogP contribution is -2.14. The second-order valence-electron chi connectivity index (χ2n) is 4.66. The molecule has 3 aromatic rings. The molecule has 1 aromatic carbocycles. The second-order valence-corrected chi connectivity index (χ2v) is 9.81. The van der Waals surface area contributed by atoms with Gasteiger partial charge >= 0.3 is 0 Å². The number of aryl methyl sites for hydroxylation is 1. The molecule has 0 radical (unpaired) electrons. The second kappa shape index (κ2) is 6.78. The van der Waals surface area contributed by atoms with Crippen molar-refractivity contribution in [3.63, 3.8) is 0 Å². The molecule has 0 saturated carbocycles. The van der Waals surface area contributed by atoms with Crippen molar-refractivity contribution in [2.24, 2.45) is 0 Å². The minimum Gasteiger partial charge on any atom is -0.253 e. The van der Waals surface area contributed by atoms with E-state index in [2.05, 4.69) is 14.9 Å². The minimum absolute atomic E-state index is 0.0375. The number of nitrogens with zero attached hydrogens (tertiary/aromatic N) is 2. The molecule has 2 heterocycles. The van der Waals surface area contributed by atoms with Gasteiger partial charge in [0, 0.05) is 5.02 Å². The Morgan fingerprint density at radius 1 is 1.08 bits per heavy atom. The molecule has 0 aliphatic carbocycles. The van der Waals surface area contributed by atoms with Gasteiger partial charge in [-0.1, -0.05) is 46.1 Å². The number of sulfonamides is 1. The van der Waals surface area contributed by atoms with Crippen LogP contribution in [0.25, 0.3) is 9.88 Å². The quantitative estimate of drug-likeness (QED) is 0.594. The van der Waals surface area contributed by atoms with Crippen molar-refractivity contribution >= 4 is 72.6 Å². The van der Waals surface area contributed by atoms with E-state index >= 15 is 0 Å². The Morgan fingerprint density at radius 3 is 2.46 bits per heavy atom. The molecule has 0 bridgehead atoms. The van der Waals surface area contributed by atoms with E-state index in [1.165, 1.54) is 23.5 Å². The van der Waals surface area contributed by atoms with Crippen molar-refractivity contribution in [2.75, 3.05) is 4.72 Å². The van der Waals surface area contributed by atoms with E-state index in [9.17, 15) is 8.42 Å². The summed E-state index contributed by atoms with van der Waals surface area (Å²) in [7, 11) is -3.91. The van der Waals surface area contributed by atoms with Gasteiger partial charge < -0.3 is 0 Å². The molecule has 0 fully saturated rings. The molecular formula is C13H8Cl3N3O2S3. The number of nitrogens with one attached hydrogen (secondary N) is 1. The van der Waals surface area contributed by atoms with Crippen LogP contribution in [0.4, 0.5) is 5.13 Å². The first-order chi connectivity index (χ1) is 11.3. The highest BCUT2D eigenvalue weighted by molar-refractivity contribution is 7.93. The van der Waals surface area contributed by atoms with Gasteiger partial charge in [-0.15, -0.1) is 21.5 Å². The highest BCUT2D eigenvalue weighted by Gasteiger charge is 2.23. The molecule has 0 aliphatic rings. The largest absolute Gasteiger partial charge is 0.265 e. The van der Waals surface area contributed by atoms with Crippen LogP contribution in [0.2, 0.25) is 14.4 Å². The number of rotatable bonds is 4. The monoisotopic (exact) mass is 439 g/mol. The van der Waals surface area contributed by atoms with E-state index in [-0.39, 0.29) is 15.0 Å². The molecule has 3 rings (SSSR count). The van der Waals surface area contributed by atoms with Crippen molar-refractivity contribution in [1.29, 1.82) is 0 Å². The summed E-state index contributed by atoms with van der Waals surface area (Å²) >= 11 is 20.2. The molecule has 1 N–H and O–H groups in total. The van der Waals surface area contributed by atoms with Crippen LogP contribution in [0.5, 0.6) is 0 Å². The summed E-state index contributed by atoms with van der Waals surface area (Å²) in [5.41, 5.74) is 0.440. The van der Waals surface area contributed by atoms with Crippen LogP contribution in [0.15, 0.2) is 29.2 Å². The summed E-state index contributed by atoms with van der Waals surface area (Å²) < 4.78 is 28.2. The fourth-order valence-corrected chi connectivity index (χ4v) is 6.24. The van der Waals surface area contributed by atoms with Crippen LogP contribution in [0.3, 0.4) is 0 Å². The minimum atomic E-state index is -3.91. The Morgan fingerprint density at radius 2 is 1.83 bits per heavy atom. The Bertz CT molecular complexity index is 991. The van der Waals surface area contributed by atoms with Crippen molar-refractivity contribution in [3.05, 3.63) is 44.2 Å². The molecule has 0 saturated heterocycles. The Kier molecular flexibility index (Phi) is 5.06. The maximum absolute atomic E-state index is 12.6.